The first-order valence-corrected chi connectivity index (χ1v) is 14.7. The second-order valence-corrected chi connectivity index (χ2v) is 11.7. The van der Waals surface area contributed by atoms with Crippen LogP contribution in [0.25, 0.3) is 0 Å². The van der Waals surface area contributed by atoms with Crippen LogP contribution in [-0.2, 0) is 32.1 Å². The number of ether oxygens (including phenoxy) is 1. The molecule has 5 rings (SSSR count). The Morgan fingerprint density at radius 3 is 2.66 bits per heavy atom. The smallest absolute Gasteiger partial charge is 0.243 e. The Labute approximate surface area is 241 Å². The summed E-state index contributed by atoms with van der Waals surface area (Å²) in [4.78, 5) is 53.7. The van der Waals surface area contributed by atoms with Crippen LogP contribution in [0.3, 0.4) is 0 Å². The SMILES string of the molecule is CC(=O)N[C@H]1CCCC(=O)N2CC3CC(Oc4ccc(C)c(c4)CNC(=O)[C@H](CCc4ccccc4)NC1=O)C3C2. The van der Waals surface area contributed by atoms with Crippen LogP contribution in [0, 0.1) is 18.8 Å². The van der Waals surface area contributed by atoms with Gasteiger partial charge in [-0.05, 0) is 73.8 Å². The maximum atomic E-state index is 13.4. The van der Waals surface area contributed by atoms with Crippen molar-refractivity contribution in [2.45, 2.75) is 77.1 Å². The van der Waals surface area contributed by atoms with Crippen molar-refractivity contribution < 1.29 is 23.9 Å². The molecule has 41 heavy (non-hydrogen) atoms. The van der Waals surface area contributed by atoms with Crippen LogP contribution in [0.5, 0.6) is 5.75 Å². The first kappa shape index (κ1) is 28.6. The van der Waals surface area contributed by atoms with Gasteiger partial charge < -0.3 is 25.6 Å². The molecule has 3 N–H and O–H groups in total. The lowest BCUT2D eigenvalue weighted by Gasteiger charge is -2.39. The molecule has 0 aromatic heterocycles. The summed E-state index contributed by atoms with van der Waals surface area (Å²) in [6.45, 7) is 5.08. The Morgan fingerprint density at radius 2 is 1.88 bits per heavy atom. The van der Waals surface area contributed by atoms with E-state index in [4.69, 9.17) is 4.74 Å². The lowest BCUT2D eigenvalue weighted by atomic mass is 9.73. The van der Waals surface area contributed by atoms with E-state index in [-0.39, 0.29) is 23.8 Å². The fourth-order valence-electron chi connectivity index (χ4n) is 6.20. The zero-order chi connectivity index (χ0) is 28.9. The van der Waals surface area contributed by atoms with Gasteiger partial charge in [0.1, 0.15) is 23.9 Å². The van der Waals surface area contributed by atoms with E-state index in [9.17, 15) is 19.2 Å². The molecule has 4 bridgehead atoms. The standard InChI is InChI=1S/C32H40N4O5/c1-20-11-13-25-15-23(20)17-33-31(39)28(14-12-22-7-4-3-5-8-22)35-32(40)27(34-21(2)37)9-6-10-30(38)36-18-24-16-29(41-25)26(24)19-36/h3-5,7-8,11,13,15,24,26-29H,6,9-10,12,14,16-19H2,1-2H3,(H,33,39)(H,34,37)(H,35,40)/t24?,26?,27-,28-,29?/m0/s1. The quantitative estimate of drug-likeness (QED) is 0.532. The molecule has 2 aromatic carbocycles. The van der Waals surface area contributed by atoms with Crippen LogP contribution < -0.4 is 20.7 Å². The van der Waals surface area contributed by atoms with Crippen molar-refractivity contribution in [2.75, 3.05) is 13.1 Å². The molecular formula is C32H40N4O5. The van der Waals surface area contributed by atoms with E-state index in [2.05, 4.69) is 16.0 Å². The summed E-state index contributed by atoms with van der Waals surface area (Å²) < 4.78 is 6.36. The Hall–Kier alpha value is -3.88. The Bertz CT molecular complexity index is 1280. The third-order valence-corrected chi connectivity index (χ3v) is 8.69. The van der Waals surface area contributed by atoms with E-state index in [0.29, 0.717) is 57.0 Å². The molecular weight excluding hydrogens is 520 g/mol. The van der Waals surface area contributed by atoms with Gasteiger partial charge in [0.05, 0.1) is 0 Å². The minimum atomic E-state index is -0.833. The molecule has 5 atom stereocenters. The van der Waals surface area contributed by atoms with Crippen molar-refractivity contribution >= 4 is 23.6 Å². The normalized spacial score (nSPS) is 26.8. The van der Waals surface area contributed by atoms with Gasteiger partial charge in [0, 0.05) is 38.9 Å². The van der Waals surface area contributed by atoms with Crippen molar-refractivity contribution in [2.24, 2.45) is 11.8 Å². The van der Waals surface area contributed by atoms with E-state index in [0.717, 1.165) is 35.4 Å². The zero-order valence-corrected chi connectivity index (χ0v) is 23.9. The van der Waals surface area contributed by atoms with Crippen molar-refractivity contribution in [3.63, 3.8) is 0 Å². The number of hydrogen-bond acceptors (Lipinski definition) is 5. The number of nitrogens with zero attached hydrogens (tertiary/aromatic N) is 1. The molecule has 218 valence electrons. The highest BCUT2D eigenvalue weighted by Crippen LogP contribution is 2.43. The van der Waals surface area contributed by atoms with Gasteiger partial charge in [-0.3, -0.25) is 19.2 Å². The fourth-order valence-corrected chi connectivity index (χ4v) is 6.20. The summed E-state index contributed by atoms with van der Waals surface area (Å²) in [5.74, 6) is 0.541. The van der Waals surface area contributed by atoms with E-state index in [1.165, 1.54) is 6.92 Å². The predicted molar refractivity (Wildman–Crippen MR) is 154 cm³/mol. The summed E-state index contributed by atoms with van der Waals surface area (Å²) in [6.07, 6.45) is 3.04. The lowest BCUT2D eigenvalue weighted by molar-refractivity contribution is -0.132. The number of benzene rings is 2. The lowest BCUT2D eigenvalue weighted by Crippen LogP contribution is -2.53. The van der Waals surface area contributed by atoms with Crippen LogP contribution in [0.15, 0.2) is 48.5 Å². The van der Waals surface area contributed by atoms with E-state index < -0.39 is 18.0 Å². The second-order valence-electron chi connectivity index (χ2n) is 11.7. The van der Waals surface area contributed by atoms with Gasteiger partial charge >= 0.3 is 0 Å². The van der Waals surface area contributed by atoms with Gasteiger partial charge in [-0.1, -0.05) is 36.4 Å². The summed E-state index contributed by atoms with van der Waals surface area (Å²) in [5, 5.41) is 8.63. The van der Waals surface area contributed by atoms with Gasteiger partial charge in [-0.25, -0.2) is 0 Å². The van der Waals surface area contributed by atoms with Crippen molar-refractivity contribution in [3.8, 4) is 5.75 Å². The number of nitrogens with one attached hydrogen (secondary N) is 3. The molecule has 9 heteroatoms. The number of hydrogen-bond donors (Lipinski definition) is 3. The molecule has 1 saturated carbocycles. The highest BCUT2D eigenvalue weighted by molar-refractivity contribution is 5.91. The summed E-state index contributed by atoms with van der Waals surface area (Å²) in [5.41, 5.74) is 3.03. The summed E-state index contributed by atoms with van der Waals surface area (Å²) >= 11 is 0. The molecule has 3 unspecified atom stereocenters. The monoisotopic (exact) mass is 560 g/mol. The molecule has 2 fully saturated rings. The molecule has 2 aliphatic heterocycles. The third-order valence-electron chi connectivity index (χ3n) is 8.69. The molecule has 1 saturated heterocycles. The van der Waals surface area contributed by atoms with Gasteiger partial charge in [-0.2, -0.15) is 0 Å². The van der Waals surface area contributed by atoms with Crippen molar-refractivity contribution in [1.82, 2.24) is 20.9 Å². The van der Waals surface area contributed by atoms with Gasteiger partial charge in [0.25, 0.3) is 0 Å². The second kappa shape index (κ2) is 12.7. The number of carbonyl (C=O) groups excluding carboxylic acids is 4. The maximum absolute atomic E-state index is 13.4. The average molecular weight is 561 g/mol. The molecule has 2 aromatic rings. The van der Waals surface area contributed by atoms with Crippen LogP contribution in [0.1, 0.15) is 55.7 Å². The molecule has 9 nitrogen and oxygen atoms in total. The number of fused-ring (bicyclic) bond motifs is 3. The van der Waals surface area contributed by atoms with E-state index >= 15 is 0 Å². The highest BCUT2D eigenvalue weighted by atomic mass is 16.5. The summed E-state index contributed by atoms with van der Waals surface area (Å²) in [7, 11) is 0. The molecule has 1 aliphatic carbocycles. The van der Waals surface area contributed by atoms with E-state index in [1.54, 1.807) is 0 Å². The number of aryl methyl sites for hydroxylation is 2. The minimum absolute atomic E-state index is 0.0655. The largest absolute Gasteiger partial charge is 0.490 e. The van der Waals surface area contributed by atoms with Gasteiger partial charge in [-0.15, -0.1) is 0 Å². The Kier molecular flexibility index (Phi) is 8.90. The fraction of sp³-hybridized carbons (Fsp3) is 0.500. The molecule has 0 radical (unpaired) electrons. The Morgan fingerprint density at radius 1 is 1.07 bits per heavy atom. The third kappa shape index (κ3) is 7.07. The first-order chi connectivity index (χ1) is 19.8. The molecule has 2 heterocycles. The van der Waals surface area contributed by atoms with E-state index in [1.807, 2.05) is 60.4 Å². The van der Waals surface area contributed by atoms with Crippen LogP contribution in [0.4, 0.5) is 0 Å². The zero-order valence-electron chi connectivity index (χ0n) is 23.9. The number of carbonyl (C=O) groups is 4. The van der Waals surface area contributed by atoms with Crippen LogP contribution >= 0.6 is 0 Å². The first-order valence-electron chi connectivity index (χ1n) is 14.7. The van der Waals surface area contributed by atoms with Crippen molar-refractivity contribution in [3.05, 3.63) is 65.2 Å². The molecule has 0 spiro atoms. The topological polar surface area (TPSA) is 117 Å². The highest BCUT2D eigenvalue weighted by Gasteiger charge is 2.49. The van der Waals surface area contributed by atoms with Gasteiger partial charge in [0.2, 0.25) is 23.6 Å². The Balaban J connectivity index is 1.37. The maximum Gasteiger partial charge on any atom is 0.243 e. The van der Waals surface area contributed by atoms with Gasteiger partial charge in [0.15, 0.2) is 0 Å². The summed E-state index contributed by atoms with van der Waals surface area (Å²) in [6, 6.07) is 14.1. The average Bonchev–Trinajstić information content (AvgIpc) is 3.29. The number of rotatable bonds is 4. The molecule has 4 amide bonds. The van der Waals surface area contributed by atoms with Crippen molar-refractivity contribution in [1.29, 1.82) is 0 Å². The predicted octanol–water partition coefficient (Wildman–Crippen LogP) is 2.64. The minimum Gasteiger partial charge on any atom is -0.490 e. The van der Waals surface area contributed by atoms with Crippen LogP contribution in [-0.4, -0.2) is 59.8 Å². The number of amides is 4. The molecule has 3 aliphatic rings. The van der Waals surface area contributed by atoms with Crippen LogP contribution in [0.2, 0.25) is 0 Å².